The fourth-order valence-corrected chi connectivity index (χ4v) is 2.70. The van der Waals surface area contributed by atoms with E-state index in [9.17, 15) is 22.4 Å². The minimum Gasteiger partial charge on any atom is -0.464 e. The Morgan fingerprint density at radius 3 is 2.61 bits per heavy atom. The van der Waals surface area contributed by atoms with Gasteiger partial charge >= 0.3 is 18.2 Å². The van der Waals surface area contributed by atoms with Crippen LogP contribution in [-0.4, -0.2) is 26.3 Å². The smallest absolute Gasteiger partial charge is 0.464 e. The van der Waals surface area contributed by atoms with E-state index in [1.54, 1.807) is 12.3 Å². The molecule has 12 heteroatoms. The number of aromatic nitrogens is 3. The van der Waals surface area contributed by atoms with Gasteiger partial charge in [0.2, 0.25) is 5.82 Å². The van der Waals surface area contributed by atoms with Crippen molar-refractivity contribution >= 4 is 17.1 Å². The number of amides is 1. The predicted octanol–water partition coefficient (Wildman–Crippen LogP) is 4.92. The van der Waals surface area contributed by atoms with E-state index in [-0.39, 0.29) is 23.1 Å². The summed E-state index contributed by atoms with van der Waals surface area (Å²) in [6.07, 6.45) is -1.49. The van der Waals surface area contributed by atoms with Crippen LogP contribution in [0.25, 0.3) is 22.4 Å². The molecule has 3 aromatic heterocycles. The molecule has 0 unspecified atom stereocenters. The van der Waals surface area contributed by atoms with Gasteiger partial charge in [0.25, 0.3) is 0 Å². The summed E-state index contributed by atoms with van der Waals surface area (Å²) < 4.78 is 66.2. The number of pyridine rings is 1. The maximum atomic E-state index is 14.2. The van der Waals surface area contributed by atoms with Gasteiger partial charge in [0.15, 0.2) is 0 Å². The summed E-state index contributed by atoms with van der Waals surface area (Å²) in [6.45, 7) is -0.683. The highest BCUT2D eigenvalue weighted by Gasteiger charge is 2.38. The van der Waals surface area contributed by atoms with Gasteiger partial charge in [-0.05, 0) is 11.6 Å². The molecule has 0 fully saturated rings. The lowest BCUT2D eigenvalue weighted by molar-refractivity contribution is -0.159. The standard InChI is InChI=1S/C19H12F4N4O4/c20-19(21,22)17-25-16(26-31-17)12-3-1-11(2-4-12)9-27(23)18(28)30-10-14-8-24-7-13-5-6-29-15(13)14/h1-8H,9-10H2. The maximum Gasteiger partial charge on any atom is 0.471 e. The van der Waals surface area contributed by atoms with Crippen LogP contribution in [0.1, 0.15) is 17.0 Å². The Kier molecular flexibility index (Phi) is 5.28. The number of nitrogens with zero attached hydrogens (tertiary/aromatic N) is 4. The van der Waals surface area contributed by atoms with Crippen LogP contribution in [0.3, 0.4) is 0 Å². The Hall–Kier alpha value is -3.96. The van der Waals surface area contributed by atoms with Crippen molar-refractivity contribution < 1.29 is 36.1 Å². The summed E-state index contributed by atoms with van der Waals surface area (Å²) in [5.41, 5.74) is 1.55. The van der Waals surface area contributed by atoms with E-state index in [2.05, 4.69) is 19.6 Å². The summed E-state index contributed by atoms with van der Waals surface area (Å²) in [5.74, 6) is -1.74. The van der Waals surface area contributed by atoms with Crippen molar-refractivity contribution in [3.8, 4) is 11.4 Å². The Morgan fingerprint density at radius 1 is 1.13 bits per heavy atom. The molecule has 4 aromatic rings. The lowest BCUT2D eigenvalue weighted by Gasteiger charge is -2.12. The van der Waals surface area contributed by atoms with Crippen LogP contribution in [0.4, 0.5) is 22.4 Å². The predicted molar refractivity (Wildman–Crippen MR) is 95.6 cm³/mol. The third-order valence-electron chi connectivity index (χ3n) is 4.18. The molecule has 8 nitrogen and oxygen atoms in total. The number of hydrogen-bond donors (Lipinski definition) is 0. The lowest BCUT2D eigenvalue weighted by Crippen LogP contribution is -2.23. The first kappa shape index (κ1) is 20.3. The molecule has 4 rings (SSSR count). The van der Waals surface area contributed by atoms with Crippen molar-refractivity contribution in [1.82, 2.24) is 20.2 Å². The highest BCUT2D eigenvalue weighted by Crippen LogP contribution is 2.29. The van der Waals surface area contributed by atoms with Gasteiger partial charge in [-0.1, -0.05) is 33.9 Å². The van der Waals surface area contributed by atoms with Gasteiger partial charge in [0, 0.05) is 23.3 Å². The second-order valence-electron chi connectivity index (χ2n) is 6.33. The van der Waals surface area contributed by atoms with Crippen molar-refractivity contribution in [2.24, 2.45) is 0 Å². The number of hydrogen-bond acceptors (Lipinski definition) is 7. The number of alkyl halides is 3. The van der Waals surface area contributed by atoms with E-state index >= 15 is 0 Å². The first-order valence-corrected chi connectivity index (χ1v) is 8.71. The van der Waals surface area contributed by atoms with Crippen LogP contribution in [0.2, 0.25) is 0 Å². The highest BCUT2D eigenvalue weighted by atomic mass is 19.4. The first-order chi connectivity index (χ1) is 14.8. The Balaban J connectivity index is 1.36. The Bertz CT molecular complexity index is 1200. The van der Waals surface area contributed by atoms with E-state index in [1.165, 1.54) is 36.7 Å². The van der Waals surface area contributed by atoms with Crippen LogP contribution < -0.4 is 0 Å². The molecule has 1 aromatic carbocycles. The topological polar surface area (TPSA) is 94.5 Å². The van der Waals surface area contributed by atoms with Crippen molar-refractivity contribution in [3.05, 3.63) is 66.0 Å². The van der Waals surface area contributed by atoms with Gasteiger partial charge in [-0.2, -0.15) is 18.2 Å². The number of halogens is 4. The molecule has 0 aliphatic rings. The molecule has 1 amide bonds. The molecule has 160 valence electrons. The summed E-state index contributed by atoms with van der Waals surface area (Å²) in [6, 6.07) is 7.27. The number of carbonyl (C=O) groups excluding carboxylic acids is 1. The number of fused-ring (bicyclic) bond motifs is 1. The minimum absolute atomic E-state index is 0.138. The quantitative estimate of drug-likeness (QED) is 0.324. The van der Waals surface area contributed by atoms with Crippen LogP contribution >= 0.6 is 0 Å². The Morgan fingerprint density at radius 2 is 1.90 bits per heavy atom. The fraction of sp³-hybridized carbons (Fsp3) is 0.158. The summed E-state index contributed by atoms with van der Waals surface area (Å²) in [5, 5.41) is 3.84. The molecule has 0 saturated heterocycles. The SMILES string of the molecule is O=C(OCc1cncc2ccoc12)N(F)Cc1ccc(-c2noc(C(F)(F)F)n2)cc1. The van der Waals surface area contributed by atoms with Crippen LogP contribution in [0.5, 0.6) is 0 Å². The molecule has 0 radical (unpaired) electrons. The number of rotatable bonds is 5. The molecule has 3 heterocycles. The number of ether oxygens (including phenoxy) is 1. The summed E-state index contributed by atoms with van der Waals surface area (Å²) in [4.78, 5) is 19.2. The lowest BCUT2D eigenvalue weighted by atomic mass is 10.1. The van der Waals surface area contributed by atoms with Crippen molar-refractivity contribution in [1.29, 1.82) is 0 Å². The third-order valence-corrected chi connectivity index (χ3v) is 4.18. The maximum absolute atomic E-state index is 14.2. The van der Waals surface area contributed by atoms with E-state index in [0.717, 1.165) is 5.39 Å². The average molecular weight is 436 g/mol. The normalized spacial score (nSPS) is 11.6. The monoisotopic (exact) mass is 436 g/mol. The molecular formula is C19H12F4N4O4. The van der Waals surface area contributed by atoms with E-state index < -0.39 is 24.7 Å². The molecule has 0 N–H and O–H groups in total. The van der Waals surface area contributed by atoms with E-state index in [4.69, 9.17) is 9.15 Å². The molecule has 0 aliphatic carbocycles. The van der Waals surface area contributed by atoms with Gasteiger partial charge in [0.05, 0.1) is 18.4 Å². The molecule has 0 saturated carbocycles. The van der Waals surface area contributed by atoms with Crippen LogP contribution in [0, 0.1) is 0 Å². The van der Waals surface area contributed by atoms with E-state index in [0.29, 0.717) is 16.7 Å². The van der Waals surface area contributed by atoms with Crippen molar-refractivity contribution in [2.75, 3.05) is 0 Å². The second-order valence-corrected chi connectivity index (χ2v) is 6.33. The van der Waals surface area contributed by atoms with Crippen LogP contribution in [0.15, 0.2) is 57.9 Å². The molecular weight excluding hydrogens is 424 g/mol. The molecule has 31 heavy (non-hydrogen) atoms. The zero-order valence-electron chi connectivity index (χ0n) is 15.5. The first-order valence-electron chi connectivity index (χ1n) is 8.71. The minimum atomic E-state index is -4.75. The van der Waals surface area contributed by atoms with Crippen molar-refractivity contribution in [2.45, 2.75) is 19.3 Å². The van der Waals surface area contributed by atoms with Crippen LogP contribution in [-0.2, 0) is 24.1 Å². The fourth-order valence-electron chi connectivity index (χ4n) is 2.70. The largest absolute Gasteiger partial charge is 0.471 e. The molecule has 0 atom stereocenters. The number of furan rings is 1. The summed E-state index contributed by atoms with van der Waals surface area (Å²) >= 11 is 0. The van der Waals surface area contributed by atoms with Crippen molar-refractivity contribution in [3.63, 3.8) is 0 Å². The average Bonchev–Trinajstić information content (AvgIpc) is 3.42. The molecule has 0 bridgehead atoms. The molecule has 0 aliphatic heterocycles. The van der Waals surface area contributed by atoms with Gasteiger partial charge in [-0.15, -0.1) is 5.12 Å². The molecule has 0 spiro atoms. The number of carbonyl (C=O) groups is 1. The van der Waals surface area contributed by atoms with E-state index in [1.807, 2.05) is 0 Å². The Labute approximate surface area is 171 Å². The van der Waals surface area contributed by atoms with Gasteiger partial charge < -0.3 is 13.7 Å². The summed E-state index contributed by atoms with van der Waals surface area (Å²) in [7, 11) is 0. The second kappa shape index (κ2) is 8.05. The van der Waals surface area contributed by atoms with Gasteiger partial charge in [0.1, 0.15) is 12.2 Å². The van der Waals surface area contributed by atoms with Gasteiger partial charge in [-0.3, -0.25) is 4.98 Å². The highest BCUT2D eigenvalue weighted by molar-refractivity contribution is 5.79. The number of benzene rings is 1. The zero-order valence-corrected chi connectivity index (χ0v) is 15.5. The third kappa shape index (κ3) is 4.47. The zero-order chi connectivity index (χ0) is 22.0. The van der Waals surface area contributed by atoms with Gasteiger partial charge in [-0.25, -0.2) is 4.79 Å².